The van der Waals surface area contributed by atoms with Crippen LogP contribution in [0.4, 0.5) is 5.69 Å². The summed E-state index contributed by atoms with van der Waals surface area (Å²) in [6.07, 6.45) is 2.10. The summed E-state index contributed by atoms with van der Waals surface area (Å²) in [6.45, 7) is 7.09. The lowest BCUT2D eigenvalue weighted by Gasteiger charge is -2.36. The van der Waals surface area contributed by atoms with Crippen LogP contribution in [-0.2, 0) is 17.8 Å². The number of hydrogen-bond donors (Lipinski definition) is 1. The first-order valence-corrected chi connectivity index (χ1v) is 13.0. The summed E-state index contributed by atoms with van der Waals surface area (Å²) in [5.41, 5.74) is 13.7. The third-order valence-electron chi connectivity index (χ3n) is 7.03. The second kappa shape index (κ2) is 9.27. The fourth-order valence-corrected chi connectivity index (χ4v) is 6.02. The summed E-state index contributed by atoms with van der Waals surface area (Å²) in [7, 11) is 0. The minimum absolute atomic E-state index is 0.00515. The van der Waals surface area contributed by atoms with Crippen LogP contribution in [0, 0.1) is 20.8 Å². The number of carbonyl (C=O) groups is 1. The third-order valence-corrected chi connectivity index (χ3v) is 7.78. The first kappa shape index (κ1) is 23.3. The van der Waals surface area contributed by atoms with Crippen molar-refractivity contribution in [3.63, 3.8) is 0 Å². The SMILES string of the molecule is CSN1Cc2cc(-c3ccccc3)ccc2-c2c(C)c(-c3ccc(C)cc3)c(CC(=O)O)c(C)c21. The number of benzene rings is 4. The zero-order chi connectivity index (χ0) is 24.7. The maximum atomic E-state index is 11.9. The first-order valence-electron chi connectivity index (χ1n) is 11.8. The molecule has 0 saturated carbocycles. The molecule has 1 aliphatic rings. The van der Waals surface area contributed by atoms with E-state index < -0.39 is 5.97 Å². The molecule has 176 valence electrons. The van der Waals surface area contributed by atoms with E-state index in [1.54, 1.807) is 11.9 Å². The molecule has 0 aliphatic carbocycles. The molecule has 0 spiro atoms. The smallest absolute Gasteiger partial charge is 0.307 e. The number of hydrogen-bond acceptors (Lipinski definition) is 3. The van der Waals surface area contributed by atoms with E-state index in [2.05, 4.69) is 98.1 Å². The van der Waals surface area contributed by atoms with Gasteiger partial charge in [0.1, 0.15) is 0 Å². The fourth-order valence-electron chi connectivity index (χ4n) is 5.34. The molecule has 0 saturated heterocycles. The molecule has 1 N–H and O–H groups in total. The van der Waals surface area contributed by atoms with Crippen molar-refractivity contribution in [1.29, 1.82) is 0 Å². The van der Waals surface area contributed by atoms with Gasteiger partial charge < -0.3 is 9.41 Å². The lowest BCUT2D eigenvalue weighted by molar-refractivity contribution is -0.136. The van der Waals surface area contributed by atoms with Crippen LogP contribution in [0.3, 0.4) is 0 Å². The van der Waals surface area contributed by atoms with Crippen LogP contribution in [0.5, 0.6) is 0 Å². The van der Waals surface area contributed by atoms with Crippen LogP contribution in [0.15, 0.2) is 72.8 Å². The van der Waals surface area contributed by atoms with Gasteiger partial charge in [-0.25, -0.2) is 0 Å². The molecule has 0 radical (unpaired) electrons. The highest BCUT2D eigenvalue weighted by Crippen LogP contribution is 2.50. The summed E-state index contributed by atoms with van der Waals surface area (Å²) in [4.78, 5) is 11.9. The molecule has 0 fully saturated rings. The maximum absolute atomic E-state index is 11.9. The summed E-state index contributed by atoms with van der Waals surface area (Å²) in [6, 6.07) is 25.7. The Balaban J connectivity index is 1.80. The highest BCUT2D eigenvalue weighted by Gasteiger charge is 2.30. The van der Waals surface area contributed by atoms with Crippen LogP contribution in [0.1, 0.15) is 27.8 Å². The van der Waals surface area contributed by atoms with Gasteiger partial charge >= 0.3 is 5.97 Å². The normalized spacial score (nSPS) is 12.3. The van der Waals surface area contributed by atoms with Crippen LogP contribution in [-0.4, -0.2) is 17.3 Å². The Morgan fingerprint density at radius 2 is 1.54 bits per heavy atom. The van der Waals surface area contributed by atoms with E-state index in [1.807, 2.05) is 6.07 Å². The Labute approximate surface area is 211 Å². The lowest BCUT2D eigenvalue weighted by atomic mass is 9.80. The van der Waals surface area contributed by atoms with Crippen molar-refractivity contribution in [2.45, 2.75) is 33.7 Å². The highest BCUT2D eigenvalue weighted by atomic mass is 32.2. The fraction of sp³-hybridized carbons (Fsp3) is 0.194. The molecule has 4 aromatic carbocycles. The molecule has 5 rings (SSSR count). The number of rotatable bonds is 5. The van der Waals surface area contributed by atoms with Gasteiger partial charge in [0, 0.05) is 11.8 Å². The van der Waals surface area contributed by atoms with E-state index in [0.717, 1.165) is 40.0 Å². The summed E-state index contributed by atoms with van der Waals surface area (Å²) in [5.74, 6) is -0.805. The predicted octanol–water partition coefficient (Wildman–Crippen LogP) is 7.84. The zero-order valence-corrected chi connectivity index (χ0v) is 21.4. The lowest BCUT2D eigenvalue weighted by Crippen LogP contribution is -2.22. The van der Waals surface area contributed by atoms with Gasteiger partial charge in [0.2, 0.25) is 0 Å². The molecular formula is C31H29NO2S. The summed E-state index contributed by atoms with van der Waals surface area (Å²) >= 11 is 1.69. The Bertz CT molecular complexity index is 1430. The molecule has 4 aromatic rings. The van der Waals surface area contributed by atoms with Gasteiger partial charge in [-0.3, -0.25) is 4.79 Å². The summed E-state index contributed by atoms with van der Waals surface area (Å²) in [5, 5.41) is 9.80. The average molecular weight is 480 g/mol. The second-order valence-electron chi connectivity index (χ2n) is 9.22. The van der Waals surface area contributed by atoms with Gasteiger partial charge in [-0.1, -0.05) is 84.2 Å². The monoisotopic (exact) mass is 479 g/mol. The van der Waals surface area contributed by atoms with Gasteiger partial charge in [-0.15, -0.1) is 0 Å². The molecule has 0 unspecified atom stereocenters. The molecule has 35 heavy (non-hydrogen) atoms. The van der Waals surface area contributed by atoms with Crippen molar-refractivity contribution in [3.05, 3.63) is 101 Å². The topological polar surface area (TPSA) is 40.5 Å². The number of carboxylic acids is 1. The van der Waals surface area contributed by atoms with Gasteiger partial charge in [-0.05, 0) is 76.9 Å². The molecule has 1 heterocycles. The molecule has 0 bridgehead atoms. The van der Waals surface area contributed by atoms with Crippen molar-refractivity contribution in [3.8, 4) is 33.4 Å². The van der Waals surface area contributed by atoms with Crippen LogP contribution in [0.2, 0.25) is 0 Å². The van der Waals surface area contributed by atoms with Crippen molar-refractivity contribution in [2.24, 2.45) is 0 Å². The van der Waals surface area contributed by atoms with Crippen LogP contribution in [0.25, 0.3) is 33.4 Å². The van der Waals surface area contributed by atoms with E-state index in [4.69, 9.17) is 0 Å². The maximum Gasteiger partial charge on any atom is 0.307 e. The van der Waals surface area contributed by atoms with Gasteiger partial charge in [-0.2, -0.15) is 0 Å². The first-order chi connectivity index (χ1) is 16.9. The third kappa shape index (κ3) is 4.12. The quantitative estimate of drug-likeness (QED) is 0.296. The van der Waals surface area contributed by atoms with E-state index in [1.165, 1.54) is 33.4 Å². The predicted molar refractivity (Wildman–Crippen MR) is 148 cm³/mol. The van der Waals surface area contributed by atoms with Crippen LogP contribution >= 0.6 is 11.9 Å². The Hall–Kier alpha value is -3.50. The van der Waals surface area contributed by atoms with E-state index in [-0.39, 0.29) is 6.42 Å². The minimum atomic E-state index is -0.805. The summed E-state index contributed by atoms with van der Waals surface area (Å²) < 4.78 is 2.32. The molecule has 0 aromatic heterocycles. The molecule has 0 atom stereocenters. The van der Waals surface area contributed by atoms with Gasteiger partial charge in [0.05, 0.1) is 18.7 Å². The van der Waals surface area contributed by atoms with E-state index in [0.29, 0.717) is 0 Å². The number of nitrogens with zero attached hydrogens (tertiary/aromatic N) is 1. The molecular weight excluding hydrogens is 450 g/mol. The molecule has 1 aliphatic heterocycles. The Morgan fingerprint density at radius 1 is 0.857 bits per heavy atom. The number of aryl methyl sites for hydroxylation is 1. The van der Waals surface area contributed by atoms with Crippen molar-refractivity contribution < 1.29 is 9.90 Å². The Morgan fingerprint density at radius 3 is 2.20 bits per heavy atom. The molecule has 3 nitrogen and oxygen atoms in total. The van der Waals surface area contributed by atoms with E-state index in [9.17, 15) is 9.90 Å². The number of carboxylic acid groups (broad SMARTS) is 1. The molecule has 0 amide bonds. The minimum Gasteiger partial charge on any atom is -0.481 e. The van der Waals surface area contributed by atoms with Crippen molar-refractivity contribution >= 4 is 23.6 Å². The molecule has 4 heteroatoms. The Kier molecular flexibility index (Phi) is 6.16. The zero-order valence-electron chi connectivity index (χ0n) is 20.6. The van der Waals surface area contributed by atoms with E-state index >= 15 is 0 Å². The number of fused-ring (bicyclic) bond motifs is 3. The van der Waals surface area contributed by atoms with Crippen molar-refractivity contribution in [1.82, 2.24) is 0 Å². The number of anilines is 1. The average Bonchev–Trinajstić information content (AvgIpc) is 2.87. The van der Waals surface area contributed by atoms with Gasteiger partial charge in [0.25, 0.3) is 0 Å². The standard InChI is InChI=1S/C31H29NO2S/c1-19-10-12-23(13-11-19)29-21(3)30-26-15-14-24(22-8-6-5-7-9-22)16-25(26)18-32(35-4)31(30)20(2)27(29)17-28(33)34/h5-16H,17-18H2,1-4H3,(H,33,34). The van der Waals surface area contributed by atoms with Crippen LogP contribution < -0.4 is 4.31 Å². The van der Waals surface area contributed by atoms with Crippen molar-refractivity contribution in [2.75, 3.05) is 10.6 Å². The highest BCUT2D eigenvalue weighted by molar-refractivity contribution is 7.99. The number of aliphatic carboxylic acids is 1. The van der Waals surface area contributed by atoms with Gasteiger partial charge in [0.15, 0.2) is 0 Å². The second-order valence-corrected chi connectivity index (χ2v) is 10.0. The largest absolute Gasteiger partial charge is 0.481 e.